The molecule has 4 aromatic rings. The van der Waals surface area contributed by atoms with Gasteiger partial charge >= 0.3 is 0 Å². The Bertz CT molecular complexity index is 1080. The second kappa shape index (κ2) is 6.52. The third kappa shape index (κ3) is 3.10. The molecule has 2 heterocycles. The minimum atomic E-state index is -0.239. The van der Waals surface area contributed by atoms with Crippen LogP contribution >= 0.6 is 0 Å². The van der Waals surface area contributed by atoms with Crippen molar-refractivity contribution in [2.24, 2.45) is 5.10 Å². The monoisotopic (exact) mass is 329 g/mol. The Kier molecular flexibility index (Phi) is 3.92. The van der Waals surface area contributed by atoms with Crippen LogP contribution in [0.2, 0.25) is 0 Å². The van der Waals surface area contributed by atoms with Crippen LogP contribution in [0, 0.1) is 0 Å². The van der Waals surface area contributed by atoms with Gasteiger partial charge in [-0.15, -0.1) is 0 Å². The molecule has 0 bridgehead atoms. The first-order valence-corrected chi connectivity index (χ1v) is 7.88. The Morgan fingerprint density at radius 1 is 1.00 bits per heavy atom. The van der Waals surface area contributed by atoms with E-state index in [9.17, 15) is 4.79 Å². The van der Waals surface area contributed by atoms with Gasteiger partial charge in [-0.25, -0.2) is 9.67 Å². The zero-order valence-electron chi connectivity index (χ0n) is 13.4. The van der Waals surface area contributed by atoms with Crippen molar-refractivity contribution in [2.75, 3.05) is 0 Å². The van der Waals surface area contributed by atoms with Crippen molar-refractivity contribution in [1.29, 1.82) is 0 Å². The van der Waals surface area contributed by atoms with E-state index in [2.05, 4.69) is 15.2 Å². The molecular formula is C19H15N5O. The van der Waals surface area contributed by atoms with Crippen LogP contribution in [-0.2, 0) is 6.54 Å². The van der Waals surface area contributed by atoms with Crippen LogP contribution in [0.1, 0.15) is 11.1 Å². The maximum Gasteiger partial charge on any atom is 0.285 e. The number of rotatable bonds is 4. The number of hydrogen-bond donors (Lipinski definition) is 0. The summed E-state index contributed by atoms with van der Waals surface area (Å²) in [6, 6.07) is 19.5. The molecule has 0 atom stereocenters. The Labute approximate surface area is 143 Å². The Morgan fingerprint density at radius 3 is 2.48 bits per heavy atom. The van der Waals surface area contributed by atoms with Gasteiger partial charge in [0.25, 0.3) is 5.56 Å². The Hall–Kier alpha value is -3.54. The summed E-state index contributed by atoms with van der Waals surface area (Å²) in [5.74, 6) is 0. The molecule has 0 fully saturated rings. The molecule has 4 rings (SSSR count). The van der Waals surface area contributed by atoms with Gasteiger partial charge in [0.2, 0.25) is 0 Å². The van der Waals surface area contributed by atoms with Crippen molar-refractivity contribution < 1.29 is 0 Å². The van der Waals surface area contributed by atoms with E-state index in [1.165, 1.54) is 11.0 Å². The number of benzene rings is 2. The summed E-state index contributed by atoms with van der Waals surface area (Å²) in [5, 5.41) is 8.95. The van der Waals surface area contributed by atoms with E-state index in [-0.39, 0.29) is 5.56 Å². The van der Waals surface area contributed by atoms with Crippen LogP contribution in [0.5, 0.6) is 0 Å². The lowest BCUT2D eigenvalue weighted by Crippen LogP contribution is -2.17. The van der Waals surface area contributed by atoms with Gasteiger partial charge in [0.05, 0.1) is 19.0 Å². The number of nitrogens with zero attached hydrogens (tertiary/aromatic N) is 5. The largest absolute Gasteiger partial charge is 0.285 e. The molecule has 0 aliphatic rings. The van der Waals surface area contributed by atoms with E-state index < -0.39 is 0 Å². The predicted molar refractivity (Wildman–Crippen MR) is 96.8 cm³/mol. The molecule has 0 radical (unpaired) electrons. The van der Waals surface area contributed by atoms with Gasteiger partial charge in [0, 0.05) is 0 Å². The maximum absolute atomic E-state index is 12.6. The lowest BCUT2D eigenvalue weighted by atomic mass is 10.2. The van der Waals surface area contributed by atoms with Gasteiger partial charge in [-0.1, -0.05) is 60.7 Å². The van der Waals surface area contributed by atoms with Gasteiger partial charge in [0.1, 0.15) is 11.7 Å². The molecule has 25 heavy (non-hydrogen) atoms. The fourth-order valence-electron chi connectivity index (χ4n) is 2.57. The van der Waals surface area contributed by atoms with Crippen LogP contribution < -0.4 is 5.56 Å². The van der Waals surface area contributed by atoms with Crippen LogP contribution in [0.4, 0.5) is 0 Å². The summed E-state index contributed by atoms with van der Waals surface area (Å²) in [4.78, 5) is 16.9. The van der Waals surface area contributed by atoms with Gasteiger partial charge in [-0.3, -0.25) is 4.79 Å². The molecule has 6 heteroatoms. The third-order valence-corrected chi connectivity index (χ3v) is 3.85. The average molecular weight is 329 g/mol. The van der Waals surface area contributed by atoms with Gasteiger partial charge in [-0.2, -0.15) is 14.9 Å². The van der Waals surface area contributed by atoms with Crippen molar-refractivity contribution >= 4 is 17.2 Å². The maximum atomic E-state index is 12.6. The van der Waals surface area contributed by atoms with Crippen LogP contribution in [0.25, 0.3) is 11.0 Å². The SMILES string of the molecule is O=c1c2cnn(Cc3ccccc3)c2ncn1/N=C/c1ccccc1. The lowest BCUT2D eigenvalue weighted by molar-refractivity contribution is 0.700. The molecule has 0 aliphatic carbocycles. The number of hydrogen-bond acceptors (Lipinski definition) is 4. The zero-order chi connectivity index (χ0) is 17.1. The first-order valence-electron chi connectivity index (χ1n) is 7.88. The third-order valence-electron chi connectivity index (χ3n) is 3.85. The predicted octanol–water partition coefficient (Wildman–Crippen LogP) is 2.52. The molecule has 0 saturated heterocycles. The molecule has 0 saturated carbocycles. The standard InChI is InChI=1S/C19H15N5O/c25-19-17-12-22-23(13-16-9-5-2-6-10-16)18(17)20-14-24(19)21-11-15-7-3-1-4-8-15/h1-12,14H,13H2/b21-11+. The molecule has 0 spiro atoms. The van der Waals surface area contributed by atoms with E-state index in [0.29, 0.717) is 17.6 Å². The lowest BCUT2D eigenvalue weighted by Gasteiger charge is -2.03. The summed E-state index contributed by atoms with van der Waals surface area (Å²) in [6.45, 7) is 0.564. The summed E-state index contributed by atoms with van der Waals surface area (Å²) >= 11 is 0. The average Bonchev–Trinajstić information content (AvgIpc) is 3.06. The molecule has 0 aliphatic heterocycles. The topological polar surface area (TPSA) is 65.1 Å². The second-order valence-corrected chi connectivity index (χ2v) is 5.57. The highest BCUT2D eigenvalue weighted by molar-refractivity contribution is 5.79. The summed E-state index contributed by atoms with van der Waals surface area (Å²) in [5.41, 5.74) is 2.33. The highest BCUT2D eigenvalue weighted by atomic mass is 16.1. The highest BCUT2D eigenvalue weighted by Gasteiger charge is 2.10. The van der Waals surface area contributed by atoms with E-state index in [0.717, 1.165) is 11.1 Å². The van der Waals surface area contributed by atoms with Gasteiger partial charge in [0.15, 0.2) is 5.65 Å². The molecular weight excluding hydrogens is 314 g/mol. The van der Waals surface area contributed by atoms with Gasteiger partial charge < -0.3 is 0 Å². The molecule has 0 N–H and O–H groups in total. The first-order chi connectivity index (χ1) is 12.3. The first kappa shape index (κ1) is 15.0. The van der Waals surface area contributed by atoms with Crippen LogP contribution in [0.15, 0.2) is 83.1 Å². The zero-order valence-corrected chi connectivity index (χ0v) is 13.4. The number of fused-ring (bicyclic) bond motifs is 1. The van der Waals surface area contributed by atoms with Crippen molar-refractivity contribution in [3.63, 3.8) is 0 Å². The second-order valence-electron chi connectivity index (χ2n) is 5.57. The van der Waals surface area contributed by atoms with Crippen molar-refractivity contribution in [2.45, 2.75) is 6.54 Å². The van der Waals surface area contributed by atoms with Crippen molar-refractivity contribution in [1.82, 2.24) is 19.4 Å². The number of aromatic nitrogens is 4. The van der Waals surface area contributed by atoms with Crippen molar-refractivity contribution in [3.05, 3.63) is 94.7 Å². The molecule has 0 amide bonds. The normalized spacial score (nSPS) is 11.4. The van der Waals surface area contributed by atoms with Crippen molar-refractivity contribution in [3.8, 4) is 0 Å². The Balaban J connectivity index is 1.68. The minimum Gasteiger partial charge on any atom is -0.266 e. The quantitative estimate of drug-likeness (QED) is 0.540. The Morgan fingerprint density at radius 2 is 1.72 bits per heavy atom. The highest BCUT2D eigenvalue weighted by Crippen LogP contribution is 2.09. The summed E-state index contributed by atoms with van der Waals surface area (Å²) < 4.78 is 2.95. The van der Waals surface area contributed by atoms with E-state index in [4.69, 9.17) is 0 Å². The van der Waals surface area contributed by atoms with E-state index in [1.54, 1.807) is 17.1 Å². The molecule has 122 valence electrons. The minimum absolute atomic E-state index is 0.239. The van der Waals surface area contributed by atoms with Crippen LogP contribution in [-0.4, -0.2) is 25.7 Å². The fraction of sp³-hybridized carbons (Fsp3) is 0.0526. The van der Waals surface area contributed by atoms with Gasteiger partial charge in [-0.05, 0) is 11.1 Å². The summed E-state index contributed by atoms with van der Waals surface area (Å²) in [6.07, 6.45) is 4.60. The molecule has 2 aromatic heterocycles. The van der Waals surface area contributed by atoms with E-state index >= 15 is 0 Å². The van der Waals surface area contributed by atoms with E-state index in [1.807, 2.05) is 60.7 Å². The molecule has 0 unspecified atom stereocenters. The molecule has 2 aromatic carbocycles. The van der Waals surface area contributed by atoms with Crippen LogP contribution in [0.3, 0.4) is 0 Å². The smallest absolute Gasteiger partial charge is 0.266 e. The molecule has 6 nitrogen and oxygen atoms in total. The fourth-order valence-corrected chi connectivity index (χ4v) is 2.57. The summed E-state index contributed by atoms with van der Waals surface area (Å²) in [7, 11) is 0.